The summed E-state index contributed by atoms with van der Waals surface area (Å²) in [6, 6.07) is -0.358. The van der Waals surface area contributed by atoms with Gasteiger partial charge in [-0.25, -0.2) is 4.98 Å². The van der Waals surface area contributed by atoms with Crippen LogP contribution in [0.4, 0.5) is 5.13 Å². The molecule has 0 spiro atoms. The Hall–Kier alpha value is -2.11. The summed E-state index contributed by atoms with van der Waals surface area (Å²) in [5.74, 6) is -3.88. The lowest BCUT2D eigenvalue weighted by molar-refractivity contribution is -0.301. The Labute approximate surface area is 168 Å². The van der Waals surface area contributed by atoms with E-state index < -0.39 is 24.0 Å². The number of aromatic carboxylic acids is 1. The van der Waals surface area contributed by atoms with Crippen molar-refractivity contribution in [3.63, 3.8) is 0 Å². The number of hydrogen-bond donors (Lipinski definition) is 1. The molecule has 28 heavy (non-hydrogen) atoms. The molecule has 3 aliphatic rings. The van der Waals surface area contributed by atoms with Gasteiger partial charge in [0.15, 0.2) is 5.13 Å². The number of thioether (sulfide) groups is 1. The maximum atomic E-state index is 12.3. The molecule has 2 fully saturated rings. The number of aliphatic hydroxyl groups is 1. The fourth-order valence-electron chi connectivity index (χ4n) is 4.02. The lowest BCUT2D eigenvalue weighted by Gasteiger charge is -2.47. The quantitative estimate of drug-likeness (QED) is 0.528. The number of rotatable bonds is 6. The standard InChI is InChI=1S/C17H19N3O6S2/c1-6-11-10(7(2)21)14(22)20(11)12(16(25)26)13(6)28-8-3-19(4-8)17-18-9(5-27-17)15(23)24/h5-8,10-11,21H,3-4H2,1-2H3,(H,23,24)(H,25,26)/p-2/t6-,7-,10-,11-/m1/s1. The number of aromatic nitrogens is 1. The topological polar surface area (TPSA) is 137 Å². The molecule has 11 heteroatoms. The van der Waals surface area contributed by atoms with Gasteiger partial charge in [-0.05, 0) is 6.92 Å². The number of nitrogens with zero attached hydrogens (tertiary/aromatic N) is 3. The first-order chi connectivity index (χ1) is 13.2. The van der Waals surface area contributed by atoms with E-state index in [0.29, 0.717) is 23.1 Å². The Morgan fingerprint density at radius 1 is 1.36 bits per heavy atom. The average molecular weight is 423 g/mol. The van der Waals surface area contributed by atoms with Gasteiger partial charge in [0.25, 0.3) is 0 Å². The van der Waals surface area contributed by atoms with E-state index in [1.54, 1.807) is 0 Å². The molecule has 0 radical (unpaired) electrons. The second-order valence-corrected chi connectivity index (χ2v) is 9.38. The fourth-order valence-corrected chi connectivity index (χ4v) is 6.35. The molecule has 1 N–H and O–H groups in total. The SMILES string of the molecule is C[C@@H](O)[C@H]1C(=O)N2C(C(=O)[O-])=C(SC3CN(c4nc(C(=O)[O-])cs4)C3)[C@H](C)[C@H]12. The van der Waals surface area contributed by atoms with Crippen molar-refractivity contribution in [3.8, 4) is 0 Å². The second-order valence-electron chi connectivity index (χ2n) is 7.20. The van der Waals surface area contributed by atoms with Crippen LogP contribution in [0, 0.1) is 11.8 Å². The Balaban J connectivity index is 1.47. The molecule has 9 nitrogen and oxygen atoms in total. The Morgan fingerprint density at radius 2 is 2.04 bits per heavy atom. The van der Waals surface area contributed by atoms with Gasteiger partial charge in [-0.3, -0.25) is 4.79 Å². The van der Waals surface area contributed by atoms with E-state index in [1.807, 2.05) is 11.8 Å². The minimum absolute atomic E-state index is 0.0842. The first kappa shape index (κ1) is 19.2. The highest BCUT2D eigenvalue weighted by Crippen LogP contribution is 2.51. The summed E-state index contributed by atoms with van der Waals surface area (Å²) in [4.78, 5) is 42.6. The van der Waals surface area contributed by atoms with Crippen LogP contribution in [-0.2, 0) is 9.59 Å². The van der Waals surface area contributed by atoms with E-state index in [-0.39, 0.29) is 34.5 Å². The van der Waals surface area contributed by atoms with Gasteiger partial charge < -0.3 is 34.7 Å². The molecule has 3 aliphatic heterocycles. The van der Waals surface area contributed by atoms with Crippen molar-refractivity contribution in [3.05, 3.63) is 21.7 Å². The van der Waals surface area contributed by atoms with Gasteiger partial charge in [-0.15, -0.1) is 23.1 Å². The largest absolute Gasteiger partial charge is 0.543 e. The Kier molecular flexibility index (Phi) is 4.63. The molecule has 0 saturated carbocycles. The predicted molar refractivity (Wildman–Crippen MR) is 97.0 cm³/mol. The number of hydrogen-bond acceptors (Lipinski definition) is 10. The minimum Gasteiger partial charge on any atom is -0.543 e. The molecule has 0 aliphatic carbocycles. The van der Waals surface area contributed by atoms with Crippen LogP contribution < -0.4 is 15.1 Å². The maximum Gasteiger partial charge on any atom is 0.235 e. The third kappa shape index (κ3) is 2.80. The maximum absolute atomic E-state index is 12.3. The Bertz CT molecular complexity index is 891. The lowest BCUT2D eigenvalue weighted by atomic mass is 9.79. The normalized spacial score (nSPS) is 28.1. The number of carbonyl (C=O) groups is 3. The van der Waals surface area contributed by atoms with Crippen LogP contribution in [0.15, 0.2) is 16.0 Å². The molecule has 1 aromatic heterocycles. The van der Waals surface area contributed by atoms with Gasteiger partial charge in [-0.2, -0.15) is 0 Å². The molecule has 2 saturated heterocycles. The summed E-state index contributed by atoms with van der Waals surface area (Å²) in [5.41, 5.74) is -0.189. The molecule has 4 heterocycles. The van der Waals surface area contributed by atoms with Crippen molar-refractivity contribution < 1.29 is 29.7 Å². The molecule has 1 amide bonds. The highest BCUT2D eigenvalue weighted by molar-refractivity contribution is 8.03. The van der Waals surface area contributed by atoms with E-state index >= 15 is 0 Å². The van der Waals surface area contributed by atoms with Crippen LogP contribution in [0.2, 0.25) is 0 Å². The zero-order valence-electron chi connectivity index (χ0n) is 15.0. The first-order valence-corrected chi connectivity index (χ1v) is 10.5. The number of thiazole rings is 1. The third-order valence-electron chi connectivity index (χ3n) is 5.42. The van der Waals surface area contributed by atoms with Crippen LogP contribution in [-0.4, -0.2) is 63.3 Å². The van der Waals surface area contributed by atoms with Crippen LogP contribution in [0.25, 0.3) is 0 Å². The molecule has 150 valence electrons. The van der Waals surface area contributed by atoms with Crippen molar-refractivity contribution in [1.82, 2.24) is 9.88 Å². The summed E-state index contributed by atoms with van der Waals surface area (Å²) in [7, 11) is 0. The van der Waals surface area contributed by atoms with Crippen LogP contribution in [0.1, 0.15) is 24.3 Å². The number of anilines is 1. The molecule has 0 unspecified atom stereocenters. The highest BCUT2D eigenvalue weighted by atomic mass is 32.2. The number of fused-ring (bicyclic) bond motifs is 1. The number of β-lactam (4-membered cyclic amide) rings is 1. The van der Waals surface area contributed by atoms with Crippen molar-refractivity contribution in [2.75, 3.05) is 18.0 Å². The number of amides is 1. The monoisotopic (exact) mass is 423 g/mol. The predicted octanol–water partition coefficient (Wildman–Crippen LogP) is -1.75. The first-order valence-electron chi connectivity index (χ1n) is 8.75. The van der Waals surface area contributed by atoms with Gasteiger partial charge in [-0.1, -0.05) is 6.92 Å². The van der Waals surface area contributed by atoms with Crippen molar-refractivity contribution in [2.24, 2.45) is 11.8 Å². The van der Waals surface area contributed by atoms with Crippen LogP contribution in [0.5, 0.6) is 0 Å². The number of carboxylic acids is 2. The van der Waals surface area contributed by atoms with E-state index in [4.69, 9.17) is 0 Å². The van der Waals surface area contributed by atoms with Gasteiger partial charge in [0, 0.05) is 34.5 Å². The Morgan fingerprint density at radius 3 is 2.57 bits per heavy atom. The zero-order chi connectivity index (χ0) is 20.3. The summed E-state index contributed by atoms with van der Waals surface area (Å²) in [6.07, 6.45) is -0.842. The van der Waals surface area contributed by atoms with Gasteiger partial charge in [0.05, 0.1) is 41.4 Å². The van der Waals surface area contributed by atoms with Crippen LogP contribution >= 0.6 is 23.1 Å². The van der Waals surface area contributed by atoms with E-state index in [0.717, 1.165) is 0 Å². The molecule has 0 aromatic carbocycles. The number of aliphatic hydroxyl groups excluding tert-OH is 1. The highest BCUT2D eigenvalue weighted by Gasteiger charge is 2.59. The third-order valence-corrected chi connectivity index (χ3v) is 7.77. The zero-order valence-corrected chi connectivity index (χ0v) is 16.7. The van der Waals surface area contributed by atoms with Crippen molar-refractivity contribution >= 4 is 46.1 Å². The summed E-state index contributed by atoms with van der Waals surface area (Å²) >= 11 is 2.62. The van der Waals surface area contributed by atoms with Gasteiger partial charge >= 0.3 is 0 Å². The second kappa shape index (κ2) is 6.75. The van der Waals surface area contributed by atoms with Crippen molar-refractivity contribution in [2.45, 2.75) is 31.2 Å². The van der Waals surface area contributed by atoms with Gasteiger partial charge in [0.1, 0.15) is 0 Å². The van der Waals surface area contributed by atoms with Gasteiger partial charge in [0.2, 0.25) is 5.91 Å². The van der Waals surface area contributed by atoms with E-state index in [9.17, 15) is 29.7 Å². The molecular formula is C17H17N3O6S2-2. The number of carbonyl (C=O) groups excluding carboxylic acids is 3. The molecule has 4 atom stereocenters. The molecule has 0 bridgehead atoms. The summed E-state index contributed by atoms with van der Waals surface area (Å²) in [5, 5.41) is 34.5. The molecular weight excluding hydrogens is 406 g/mol. The fraction of sp³-hybridized carbons (Fsp3) is 0.529. The smallest absolute Gasteiger partial charge is 0.235 e. The van der Waals surface area contributed by atoms with Crippen molar-refractivity contribution in [1.29, 1.82) is 0 Å². The van der Waals surface area contributed by atoms with Crippen LogP contribution in [0.3, 0.4) is 0 Å². The lowest BCUT2D eigenvalue weighted by Crippen LogP contribution is -2.64. The molecule has 1 aromatic rings. The van der Waals surface area contributed by atoms with E-state index in [2.05, 4.69) is 4.98 Å². The van der Waals surface area contributed by atoms with E-state index in [1.165, 1.54) is 40.3 Å². The number of aliphatic carboxylic acids is 1. The number of carboxylic acid groups (broad SMARTS) is 2. The minimum atomic E-state index is -1.39. The summed E-state index contributed by atoms with van der Waals surface area (Å²) < 4.78 is 0. The molecule has 4 rings (SSSR count). The summed E-state index contributed by atoms with van der Waals surface area (Å²) in [6.45, 7) is 4.57. The average Bonchev–Trinajstić information content (AvgIpc) is 3.13.